The van der Waals surface area contributed by atoms with Crippen LogP contribution in [0, 0.1) is 13.8 Å². The second-order valence-electron chi connectivity index (χ2n) is 8.94. The summed E-state index contributed by atoms with van der Waals surface area (Å²) in [5.41, 5.74) is 2.49. The number of sulfonamides is 1. The molecule has 0 radical (unpaired) electrons. The molecule has 1 atom stereocenters. The monoisotopic (exact) mass is 575 g/mol. The molecule has 0 heterocycles. The lowest BCUT2D eigenvalue weighted by molar-refractivity contribution is -0.139. The molecule has 1 unspecified atom stereocenters. The van der Waals surface area contributed by atoms with E-state index >= 15 is 0 Å². The Bertz CT molecular complexity index is 1410. The number of nitrogens with zero attached hydrogens (tertiary/aromatic N) is 2. The molecule has 0 aliphatic rings. The van der Waals surface area contributed by atoms with E-state index in [4.69, 9.17) is 23.2 Å². The van der Waals surface area contributed by atoms with Crippen LogP contribution in [0.3, 0.4) is 0 Å². The summed E-state index contributed by atoms with van der Waals surface area (Å²) in [5, 5.41) is 3.50. The third-order valence-electron chi connectivity index (χ3n) is 6.12. The topological polar surface area (TPSA) is 86.8 Å². The zero-order valence-electron chi connectivity index (χ0n) is 21.7. The van der Waals surface area contributed by atoms with E-state index < -0.39 is 28.5 Å². The van der Waals surface area contributed by atoms with Crippen molar-refractivity contribution in [1.82, 2.24) is 10.2 Å². The number of carbonyl (C=O) groups is 2. The molecular weight excluding hydrogens is 545 g/mol. The molecule has 3 aromatic carbocycles. The van der Waals surface area contributed by atoms with Crippen LogP contribution in [0.25, 0.3) is 0 Å². The number of rotatable bonds is 10. The Hall–Kier alpha value is -3.07. The molecule has 3 aromatic rings. The van der Waals surface area contributed by atoms with Crippen LogP contribution in [0.15, 0.2) is 71.6 Å². The van der Waals surface area contributed by atoms with Crippen molar-refractivity contribution in [3.05, 3.63) is 93.5 Å². The third kappa shape index (κ3) is 6.87. The van der Waals surface area contributed by atoms with Gasteiger partial charge in [-0.25, -0.2) is 8.42 Å². The Kier molecular flexibility index (Phi) is 9.82. The minimum absolute atomic E-state index is 0.0147. The zero-order valence-corrected chi connectivity index (χ0v) is 24.1. The first-order valence-electron chi connectivity index (χ1n) is 12.1. The molecule has 38 heavy (non-hydrogen) atoms. The molecule has 3 rings (SSSR count). The highest BCUT2D eigenvalue weighted by atomic mass is 35.5. The van der Waals surface area contributed by atoms with E-state index in [2.05, 4.69) is 5.32 Å². The van der Waals surface area contributed by atoms with Gasteiger partial charge in [-0.05, 0) is 74.7 Å². The summed E-state index contributed by atoms with van der Waals surface area (Å²) in [6, 6.07) is 17.3. The van der Waals surface area contributed by atoms with Gasteiger partial charge >= 0.3 is 0 Å². The van der Waals surface area contributed by atoms with Crippen molar-refractivity contribution in [2.24, 2.45) is 0 Å². The second kappa shape index (κ2) is 12.7. The van der Waals surface area contributed by atoms with E-state index in [9.17, 15) is 18.0 Å². The van der Waals surface area contributed by atoms with Gasteiger partial charge in [-0.15, -0.1) is 0 Å². The molecule has 10 heteroatoms. The van der Waals surface area contributed by atoms with Gasteiger partial charge in [-0.1, -0.05) is 59.6 Å². The number of amides is 2. The molecule has 0 bridgehead atoms. The lowest BCUT2D eigenvalue weighted by Gasteiger charge is -2.32. The zero-order chi connectivity index (χ0) is 28.0. The fraction of sp³-hybridized carbons (Fsp3) is 0.286. The Morgan fingerprint density at radius 3 is 2.29 bits per heavy atom. The molecule has 0 aliphatic carbocycles. The number of nitrogens with one attached hydrogen (secondary N) is 1. The van der Waals surface area contributed by atoms with Crippen LogP contribution in [0.5, 0.6) is 0 Å². The van der Waals surface area contributed by atoms with Crippen molar-refractivity contribution in [1.29, 1.82) is 0 Å². The highest BCUT2D eigenvalue weighted by molar-refractivity contribution is 7.92. The van der Waals surface area contributed by atoms with E-state index in [0.29, 0.717) is 33.4 Å². The highest BCUT2D eigenvalue weighted by Gasteiger charge is 2.33. The number of anilines is 1. The van der Waals surface area contributed by atoms with E-state index in [0.717, 1.165) is 9.87 Å². The second-order valence-corrected chi connectivity index (χ2v) is 11.6. The molecule has 0 spiro atoms. The third-order valence-corrected chi connectivity index (χ3v) is 8.48. The van der Waals surface area contributed by atoms with Crippen LogP contribution in [0.4, 0.5) is 5.69 Å². The standard InChI is InChI=1S/C28H31Cl2N3O4S/c1-5-31-28(35)21(4)32(17-22-13-14-23(29)16-25(22)30)27(34)18-33(26-15-19(2)11-12-20(26)3)38(36,37)24-9-7-6-8-10-24/h6-16,21H,5,17-18H2,1-4H3,(H,31,35). The molecule has 0 saturated heterocycles. The van der Waals surface area contributed by atoms with Crippen molar-refractivity contribution in [3.63, 3.8) is 0 Å². The Morgan fingerprint density at radius 1 is 0.974 bits per heavy atom. The number of hydrogen-bond acceptors (Lipinski definition) is 4. The summed E-state index contributed by atoms with van der Waals surface area (Å²) in [6.07, 6.45) is 0. The van der Waals surface area contributed by atoms with E-state index in [1.807, 2.05) is 19.1 Å². The molecule has 2 amide bonds. The quantitative estimate of drug-likeness (QED) is 0.352. The molecule has 0 aromatic heterocycles. The Balaban J connectivity index is 2.08. The van der Waals surface area contributed by atoms with Crippen molar-refractivity contribution in [2.45, 2.75) is 45.2 Å². The number of likely N-dealkylation sites (N-methyl/N-ethyl adjacent to an activating group) is 1. The first-order valence-corrected chi connectivity index (χ1v) is 14.3. The van der Waals surface area contributed by atoms with Crippen LogP contribution in [-0.4, -0.2) is 44.3 Å². The summed E-state index contributed by atoms with van der Waals surface area (Å²) >= 11 is 12.4. The van der Waals surface area contributed by atoms with Crippen molar-refractivity contribution in [2.75, 3.05) is 17.4 Å². The van der Waals surface area contributed by atoms with Gasteiger partial charge in [0.2, 0.25) is 11.8 Å². The molecule has 7 nitrogen and oxygen atoms in total. The predicted octanol–water partition coefficient (Wildman–Crippen LogP) is 5.36. The Labute approximate surface area is 234 Å². The molecule has 0 fully saturated rings. The summed E-state index contributed by atoms with van der Waals surface area (Å²) < 4.78 is 28.8. The fourth-order valence-electron chi connectivity index (χ4n) is 3.96. The van der Waals surface area contributed by atoms with Crippen molar-refractivity contribution >= 4 is 50.7 Å². The van der Waals surface area contributed by atoms with Gasteiger partial charge in [0.25, 0.3) is 10.0 Å². The number of carbonyl (C=O) groups excluding carboxylic acids is 2. The average Bonchev–Trinajstić information content (AvgIpc) is 2.88. The van der Waals surface area contributed by atoms with Gasteiger partial charge < -0.3 is 10.2 Å². The van der Waals surface area contributed by atoms with E-state index in [-0.39, 0.29) is 17.3 Å². The average molecular weight is 577 g/mol. The van der Waals surface area contributed by atoms with Gasteiger partial charge in [0.05, 0.1) is 10.6 Å². The van der Waals surface area contributed by atoms with Gasteiger partial charge in [-0.3, -0.25) is 13.9 Å². The fourth-order valence-corrected chi connectivity index (χ4v) is 5.92. The van der Waals surface area contributed by atoms with Crippen LogP contribution in [-0.2, 0) is 26.2 Å². The maximum absolute atomic E-state index is 13.9. The van der Waals surface area contributed by atoms with Crippen LogP contribution in [0.2, 0.25) is 10.0 Å². The molecule has 202 valence electrons. The number of halogens is 2. The summed E-state index contributed by atoms with van der Waals surface area (Å²) in [7, 11) is -4.12. The van der Waals surface area contributed by atoms with Gasteiger partial charge in [0.15, 0.2) is 0 Å². The molecule has 0 aliphatic heterocycles. The lowest BCUT2D eigenvalue weighted by atomic mass is 10.1. The number of benzene rings is 3. The van der Waals surface area contributed by atoms with Gasteiger partial charge in [0.1, 0.15) is 12.6 Å². The Morgan fingerprint density at radius 2 is 1.66 bits per heavy atom. The smallest absolute Gasteiger partial charge is 0.264 e. The summed E-state index contributed by atoms with van der Waals surface area (Å²) in [6.45, 7) is 6.86. The van der Waals surface area contributed by atoms with Crippen LogP contribution >= 0.6 is 23.2 Å². The lowest BCUT2D eigenvalue weighted by Crippen LogP contribution is -2.51. The molecule has 0 saturated carbocycles. The first-order chi connectivity index (χ1) is 17.9. The van der Waals surface area contributed by atoms with E-state index in [1.165, 1.54) is 17.0 Å². The predicted molar refractivity (Wildman–Crippen MR) is 152 cm³/mol. The van der Waals surface area contributed by atoms with Crippen LogP contribution < -0.4 is 9.62 Å². The first kappa shape index (κ1) is 29.5. The highest BCUT2D eigenvalue weighted by Crippen LogP contribution is 2.29. The van der Waals surface area contributed by atoms with Crippen molar-refractivity contribution in [3.8, 4) is 0 Å². The summed E-state index contributed by atoms with van der Waals surface area (Å²) in [5.74, 6) is -0.926. The van der Waals surface area contributed by atoms with Gasteiger partial charge in [0, 0.05) is 23.1 Å². The van der Waals surface area contributed by atoms with E-state index in [1.54, 1.807) is 63.2 Å². The molecular formula is C28H31Cl2N3O4S. The number of hydrogen-bond donors (Lipinski definition) is 1. The van der Waals surface area contributed by atoms with Gasteiger partial charge in [-0.2, -0.15) is 0 Å². The number of aryl methyl sites for hydroxylation is 2. The normalized spacial score (nSPS) is 12.1. The summed E-state index contributed by atoms with van der Waals surface area (Å²) in [4.78, 5) is 28.1. The maximum atomic E-state index is 13.9. The largest absolute Gasteiger partial charge is 0.355 e. The maximum Gasteiger partial charge on any atom is 0.264 e. The van der Waals surface area contributed by atoms with Crippen molar-refractivity contribution < 1.29 is 18.0 Å². The minimum atomic E-state index is -4.12. The van der Waals surface area contributed by atoms with Crippen LogP contribution in [0.1, 0.15) is 30.5 Å². The minimum Gasteiger partial charge on any atom is -0.355 e. The SMILES string of the molecule is CCNC(=O)C(C)N(Cc1ccc(Cl)cc1Cl)C(=O)CN(c1cc(C)ccc1C)S(=O)(=O)c1ccccc1. The molecule has 1 N–H and O–H groups in total.